The van der Waals surface area contributed by atoms with E-state index >= 15 is 0 Å². The summed E-state index contributed by atoms with van der Waals surface area (Å²) in [6.07, 6.45) is 3.88. The van der Waals surface area contributed by atoms with Gasteiger partial charge in [0.05, 0.1) is 0 Å². The van der Waals surface area contributed by atoms with Crippen LogP contribution in [0.2, 0.25) is 0 Å². The van der Waals surface area contributed by atoms with E-state index in [2.05, 4.69) is 18.5 Å². The lowest BCUT2D eigenvalue weighted by molar-refractivity contribution is 2.10. The van der Waals surface area contributed by atoms with Crippen LogP contribution in [0.3, 0.4) is 0 Å². The molecule has 0 bridgehead atoms. The fourth-order valence-corrected chi connectivity index (χ4v) is 0.385. The Hall–Kier alpha value is 0.340. The molecular weight excluding hydrogens is 110 g/mol. The van der Waals surface area contributed by atoms with Crippen molar-refractivity contribution in [3.8, 4) is 0 Å². The Kier molecular flexibility index (Phi) is 5.64. The maximum absolute atomic E-state index is 2.49. The van der Waals surface area contributed by atoms with E-state index in [9.17, 15) is 0 Å². The Bertz CT molecular complexity index is 53.9. The zero-order valence-electron chi connectivity index (χ0n) is 3.46. The Balaban J connectivity index is 3.07. The summed E-state index contributed by atoms with van der Waals surface area (Å²) in [5.41, 5.74) is 0. The van der Waals surface area contributed by atoms with E-state index in [1.54, 1.807) is 0 Å². The molecule has 0 aromatic carbocycles. The number of hydrogen-bond acceptors (Lipinski definition) is 0. The highest BCUT2D eigenvalue weighted by atomic mass is 31.0. The van der Waals surface area contributed by atoms with Crippen molar-refractivity contribution in [2.75, 3.05) is 0 Å². The van der Waals surface area contributed by atoms with E-state index in [4.69, 9.17) is 0 Å². The van der Waals surface area contributed by atoms with Gasteiger partial charge in [0.15, 0.2) is 0 Å². The van der Waals surface area contributed by atoms with Crippen LogP contribution in [0.15, 0.2) is 23.8 Å². The quantitative estimate of drug-likeness (QED) is 0.363. The summed E-state index contributed by atoms with van der Waals surface area (Å²) in [5.74, 6) is 3.81. The van der Waals surface area contributed by atoms with Gasteiger partial charge in [-0.25, -0.2) is 0 Å². The molecule has 0 rings (SSSR count). The van der Waals surface area contributed by atoms with Gasteiger partial charge in [-0.05, 0) is 0 Å². The van der Waals surface area contributed by atoms with E-state index in [-0.39, 0.29) is 0 Å². The van der Waals surface area contributed by atoms with Gasteiger partial charge in [-0.3, -0.25) is 0 Å². The van der Waals surface area contributed by atoms with Gasteiger partial charge in [0.1, 0.15) is 0 Å². The molecule has 2 unspecified atom stereocenters. The molecule has 0 aromatic rings. The zero-order chi connectivity index (χ0) is 4.83. The molecule has 0 nitrogen and oxygen atoms in total. The lowest BCUT2D eigenvalue weighted by Gasteiger charge is -1.62. The van der Waals surface area contributed by atoms with Crippen LogP contribution in [0.25, 0.3) is 0 Å². The molecule has 0 N–H and O–H groups in total. The third-order valence-electron chi connectivity index (χ3n) is 0.333. The van der Waals surface area contributed by atoms with Crippen molar-refractivity contribution in [2.24, 2.45) is 0 Å². The largest absolute Gasteiger partial charge is 0.114 e. The molecule has 0 saturated carbocycles. The molecule has 0 heterocycles. The van der Waals surface area contributed by atoms with Crippen molar-refractivity contribution in [3.63, 3.8) is 0 Å². The van der Waals surface area contributed by atoms with Gasteiger partial charge in [-0.15, -0.1) is 18.5 Å². The molecule has 2 atom stereocenters. The van der Waals surface area contributed by atoms with Crippen LogP contribution in [0.5, 0.6) is 0 Å². The molecular formula is C4H8P2. The lowest BCUT2D eigenvalue weighted by Crippen LogP contribution is -1.33. The normalized spacial score (nSPS) is 11.7. The van der Waals surface area contributed by atoms with Crippen LogP contribution in [-0.4, -0.2) is 0 Å². The van der Waals surface area contributed by atoms with Crippen molar-refractivity contribution in [1.82, 2.24) is 0 Å². The molecule has 0 saturated heterocycles. The molecule has 0 aliphatic carbocycles. The summed E-state index contributed by atoms with van der Waals surface area (Å²) >= 11 is 0. The first-order valence-corrected chi connectivity index (χ1v) is 3.00. The highest BCUT2D eigenvalue weighted by molar-refractivity contribution is 7.21. The standard InChI is InChI=1S/C4H8P2/c5-3-1-2-4-6/h1-4H,5-6H2. The zero-order valence-corrected chi connectivity index (χ0v) is 5.77. The van der Waals surface area contributed by atoms with Crippen molar-refractivity contribution in [3.05, 3.63) is 23.8 Å². The molecule has 2 heteroatoms. The first kappa shape index (κ1) is 6.34. The molecule has 0 aliphatic rings. The topological polar surface area (TPSA) is 0 Å². The minimum absolute atomic E-state index is 1.90. The highest BCUT2D eigenvalue weighted by Gasteiger charge is 1.48. The Labute approximate surface area is 43.1 Å². The minimum atomic E-state index is 1.90. The molecule has 34 valence electrons. The van der Waals surface area contributed by atoms with Crippen molar-refractivity contribution in [1.29, 1.82) is 0 Å². The summed E-state index contributed by atoms with van der Waals surface area (Å²) in [4.78, 5) is 0. The highest BCUT2D eigenvalue weighted by Crippen LogP contribution is 1.87. The first-order chi connectivity index (χ1) is 2.91. The molecule has 0 aliphatic heterocycles. The third-order valence-corrected chi connectivity index (χ3v) is 0.778. The average molecular weight is 118 g/mol. The molecule has 0 amide bonds. The molecule has 0 aromatic heterocycles. The Morgan fingerprint density at radius 1 is 0.833 bits per heavy atom. The fraction of sp³-hybridized carbons (Fsp3) is 0. The van der Waals surface area contributed by atoms with Crippen LogP contribution in [0.4, 0.5) is 0 Å². The second-order valence-corrected chi connectivity index (χ2v) is 1.54. The summed E-state index contributed by atoms with van der Waals surface area (Å²) in [5, 5.41) is 0. The van der Waals surface area contributed by atoms with Crippen LogP contribution in [0.1, 0.15) is 0 Å². The maximum Gasteiger partial charge on any atom is -0.0623 e. The Morgan fingerprint density at radius 2 is 1.17 bits per heavy atom. The molecule has 0 fully saturated rings. The van der Waals surface area contributed by atoms with E-state index < -0.39 is 0 Å². The van der Waals surface area contributed by atoms with Crippen molar-refractivity contribution >= 4 is 18.5 Å². The fourth-order valence-electron chi connectivity index (χ4n) is 0.128. The SMILES string of the molecule is PC=CC=CP. The van der Waals surface area contributed by atoms with Gasteiger partial charge in [0.25, 0.3) is 0 Å². The number of hydrogen-bond donors (Lipinski definition) is 0. The summed E-state index contributed by atoms with van der Waals surface area (Å²) in [6.45, 7) is 0. The summed E-state index contributed by atoms with van der Waals surface area (Å²) < 4.78 is 0. The predicted octanol–water partition coefficient (Wildman–Crippen LogP) is 1.76. The van der Waals surface area contributed by atoms with E-state index in [1.165, 1.54) is 0 Å². The van der Waals surface area contributed by atoms with Gasteiger partial charge in [0.2, 0.25) is 0 Å². The Morgan fingerprint density at radius 3 is 1.33 bits per heavy atom. The van der Waals surface area contributed by atoms with Crippen molar-refractivity contribution in [2.45, 2.75) is 0 Å². The van der Waals surface area contributed by atoms with E-state index in [0.717, 1.165) is 0 Å². The summed E-state index contributed by atoms with van der Waals surface area (Å²) in [6, 6.07) is 0. The van der Waals surface area contributed by atoms with Gasteiger partial charge >= 0.3 is 0 Å². The second-order valence-electron chi connectivity index (χ2n) is 0.770. The van der Waals surface area contributed by atoms with Crippen molar-refractivity contribution < 1.29 is 0 Å². The number of rotatable bonds is 1. The van der Waals surface area contributed by atoms with Gasteiger partial charge in [-0.2, -0.15) is 0 Å². The lowest BCUT2D eigenvalue weighted by atomic mass is 10.6. The van der Waals surface area contributed by atoms with Gasteiger partial charge < -0.3 is 0 Å². The maximum atomic E-state index is 2.49. The number of allylic oxidation sites excluding steroid dienone is 2. The van der Waals surface area contributed by atoms with E-state index in [0.29, 0.717) is 0 Å². The van der Waals surface area contributed by atoms with E-state index in [1.807, 2.05) is 23.8 Å². The molecule has 0 radical (unpaired) electrons. The van der Waals surface area contributed by atoms with Crippen LogP contribution >= 0.6 is 18.5 Å². The van der Waals surface area contributed by atoms with Crippen LogP contribution in [-0.2, 0) is 0 Å². The van der Waals surface area contributed by atoms with Crippen LogP contribution in [0, 0.1) is 0 Å². The average Bonchev–Trinajstić information content (AvgIpc) is 1.61. The monoisotopic (exact) mass is 118 g/mol. The third kappa shape index (κ3) is 4.34. The predicted molar refractivity (Wildman–Crippen MR) is 37.7 cm³/mol. The molecule has 0 spiro atoms. The minimum Gasteiger partial charge on any atom is -0.114 e. The smallest absolute Gasteiger partial charge is 0.0623 e. The second kappa shape index (κ2) is 5.34. The van der Waals surface area contributed by atoms with Gasteiger partial charge in [-0.1, -0.05) is 23.8 Å². The van der Waals surface area contributed by atoms with Crippen LogP contribution < -0.4 is 0 Å². The molecule has 6 heavy (non-hydrogen) atoms. The first-order valence-electron chi connectivity index (χ1n) is 1.67. The van der Waals surface area contributed by atoms with Gasteiger partial charge in [0, 0.05) is 0 Å². The summed E-state index contributed by atoms with van der Waals surface area (Å²) in [7, 11) is 4.98.